The summed E-state index contributed by atoms with van der Waals surface area (Å²) in [6.07, 6.45) is 4.40. The molecule has 0 fully saturated rings. The Morgan fingerprint density at radius 1 is 1.30 bits per heavy atom. The number of amides is 1. The van der Waals surface area contributed by atoms with Gasteiger partial charge in [0.15, 0.2) is 11.6 Å². The van der Waals surface area contributed by atoms with Crippen molar-refractivity contribution >= 4 is 17.4 Å². The molecule has 1 amide bonds. The molecule has 0 bridgehead atoms. The van der Waals surface area contributed by atoms with Gasteiger partial charge in [-0.15, -0.1) is 6.58 Å². The first kappa shape index (κ1) is 21.9. The SMILES string of the molecule is C=CC(C)(C)C(=O)Nc1cnc(-c2cc(-c3ccon3)n(Cc3ccccc3F)n2)nc1N. The van der Waals surface area contributed by atoms with Gasteiger partial charge in [0.05, 0.1) is 23.9 Å². The maximum absolute atomic E-state index is 14.2. The zero-order valence-electron chi connectivity index (χ0n) is 18.1. The Balaban J connectivity index is 1.68. The quantitative estimate of drug-likeness (QED) is 0.411. The van der Waals surface area contributed by atoms with Gasteiger partial charge in [0.1, 0.15) is 29.2 Å². The third-order valence-corrected chi connectivity index (χ3v) is 5.15. The molecule has 4 aromatic rings. The van der Waals surface area contributed by atoms with E-state index < -0.39 is 5.41 Å². The van der Waals surface area contributed by atoms with Crippen LogP contribution < -0.4 is 11.1 Å². The van der Waals surface area contributed by atoms with E-state index in [1.165, 1.54) is 18.5 Å². The van der Waals surface area contributed by atoms with Crippen molar-refractivity contribution in [1.29, 1.82) is 0 Å². The van der Waals surface area contributed by atoms with E-state index in [1.807, 2.05) is 0 Å². The molecule has 9 nitrogen and oxygen atoms in total. The lowest BCUT2D eigenvalue weighted by Gasteiger charge is -2.19. The van der Waals surface area contributed by atoms with Crippen molar-refractivity contribution in [2.75, 3.05) is 11.1 Å². The van der Waals surface area contributed by atoms with Gasteiger partial charge in [-0.25, -0.2) is 14.4 Å². The topological polar surface area (TPSA) is 125 Å². The molecule has 0 radical (unpaired) electrons. The lowest BCUT2D eigenvalue weighted by Crippen LogP contribution is -2.29. The van der Waals surface area contributed by atoms with Crippen molar-refractivity contribution in [2.24, 2.45) is 5.41 Å². The molecule has 0 unspecified atom stereocenters. The van der Waals surface area contributed by atoms with E-state index >= 15 is 0 Å². The molecule has 168 valence electrons. The number of aromatic nitrogens is 5. The molecule has 3 aromatic heterocycles. The van der Waals surface area contributed by atoms with Crippen molar-refractivity contribution in [3.8, 4) is 22.9 Å². The van der Waals surface area contributed by atoms with Crippen LogP contribution in [0.5, 0.6) is 0 Å². The first-order valence-electron chi connectivity index (χ1n) is 10.1. The fraction of sp³-hybridized carbons (Fsp3) is 0.174. The number of hydrogen-bond acceptors (Lipinski definition) is 7. The Morgan fingerprint density at radius 3 is 2.76 bits per heavy atom. The van der Waals surface area contributed by atoms with Crippen molar-refractivity contribution in [3.05, 3.63) is 72.9 Å². The molecule has 0 saturated carbocycles. The number of halogens is 1. The third-order valence-electron chi connectivity index (χ3n) is 5.15. The summed E-state index contributed by atoms with van der Waals surface area (Å²) in [6.45, 7) is 7.29. The number of anilines is 2. The lowest BCUT2D eigenvalue weighted by molar-refractivity contribution is -0.121. The second-order valence-corrected chi connectivity index (χ2v) is 7.92. The fourth-order valence-corrected chi connectivity index (χ4v) is 2.98. The van der Waals surface area contributed by atoms with E-state index in [0.717, 1.165) is 0 Å². The number of nitrogens with one attached hydrogen (secondary N) is 1. The number of benzene rings is 1. The van der Waals surface area contributed by atoms with E-state index in [9.17, 15) is 9.18 Å². The summed E-state index contributed by atoms with van der Waals surface area (Å²) in [4.78, 5) is 21.0. The van der Waals surface area contributed by atoms with E-state index in [2.05, 4.69) is 32.1 Å². The number of nitrogens with zero attached hydrogens (tertiary/aromatic N) is 5. The molecule has 10 heteroatoms. The minimum absolute atomic E-state index is 0.0832. The number of nitrogens with two attached hydrogens (primary N) is 1. The second kappa shape index (κ2) is 8.65. The van der Waals surface area contributed by atoms with Gasteiger partial charge in [-0.2, -0.15) is 5.10 Å². The minimum atomic E-state index is -0.789. The van der Waals surface area contributed by atoms with Crippen molar-refractivity contribution in [2.45, 2.75) is 20.4 Å². The van der Waals surface area contributed by atoms with Gasteiger partial charge < -0.3 is 15.6 Å². The highest BCUT2D eigenvalue weighted by atomic mass is 19.1. The van der Waals surface area contributed by atoms with Gasteiger partial charge in [0, 0.05) is 11.6 Å². The predicted octanol–water partition coefficient (Wildman–Crippen LogP) is 3.92. The normalized spacial score (nSPS) is 11.4. The highest BCUT2D eigenvalue weighted by Gasteiger charge is 2.25. The molecule has 33 heavy (non-hydrogen) atoms. The minimum Gasteiger partial charge on any atom is -0.382 e. The Hall–Kier alpha value is -4.34. The number of carbonyl (C=O) groups excluding carboxylic acids is 1. The van der Waals surface area contributed by atoms with Crippen LogP contribution in [0.4, 0.5) is 15.9 Å². The monoisotopic (exact) mass is 447 g/mol. The van der Waals surface area contributed by atoms with E-state index in [1.54, 1.807) is 54.9 Å². The Morgan fingerprint density at radius 2 is 2.09 bits per heavy atom. The van der Waals surface area contributed by atoms with Crippen LogP contribution in [-0.2, 0) is 11.3 Å². The summed E-state index contributed by atoms with van der Waals surface area (Å²) >= 11 is 0. The van der Waals surface area contributed by atoms with Crippen LogP contribution in [0.1, 0.15) is 19.4 Å². The molecule has 0 atom stereocenters. The molecule has 0 aliphatic heterocycles. The summed E-state index contributed by atoms with van der Waals surface area (Å²) in [6, 6.07) is 9.84. The first-order valence-corrected chi connectivity index (χ1v) is 10.1. The molecule has 0 aliphatic carbocycles. The highest BCUT2D eigenvalue weighted by molar-refractivity contribution is 5.97. The molecule has 0 spiro atoms. The molecule has 0 aliphatic rings. The van der Waals surface area contributed by atoms with Gasteiger partial charge >= 0.3 is 0 Å². The van der Waals surface area contributed by atoms with Gasteiger partial charge in [0.2, 0.25) is 5.91 Å². The predicted molar refractivity (Wildman–Crippen MR) is 121 cm³/mol. The molecule has 4 rings (SSSR count). The van der Waals surface area contributed by atoms with Crippen LogP contribution in [0.3, 0.4) is 0 Å². The van der Waals surface area contributed by atoms with Crippen LogP contribution in [0, 0.1) is 11.2 Å². The summed E-state index contributed by atoms with van der Waals surface area (Å²) < 4.78 is 20.8. The van der Waals surface area contributed by atoms with Gasteiger partial charge in [-0.05, 0) is 26.0 Å². The molecule has 3 N–H and O–H groups in total. The molecule has 1 aromatic carbocycles. The summed E-state index contributed by atoms with van der Waals surface area (Å²) in [7, 11) is 0. The Kier molecular flexibility index (Phi) is 5.74. The van der Waals surface area contributed by atoms with E-state index in [-0.39, 0.29) is 35.6 Å². The summed E-state index contributed by atoms with van der Waals surface area (Å²) in [5.74, 6) is -0.308. The van der Waals surface area contributed by atoms with Crippen LogP contribution in [0.15, 0.2) is 66.0 Å². The number of rotatable bonds is 7. The molecular formula is C23H22FN7O2. The van der Waals surface area contributed by atoms with Crippen molar-refractivity contribution in [3.63, 3.8) is 0 Å². The van der Waals surface area contributed by atoms with Crippen LogP contribution in [0.2, 0.25) is 0 Å². The third kappa shape index (κ3) is 4.49. The van der Waals surface area contributed by atoms with E-state index in [0.29, 0.717) is 22.6 Å². The number of nitrogen functional groups attached to an aromatic ring is 1. The standard InChI is InChI=1S/C23H22FN7O2/c1-4-23(2,3)22(32)27-18-12-26-21(28-20(18)25)17-11-19(16-9-10-33-30-16)31(29-17)13-14-7-5-6-8-15(14)24/h4-12H,1,13H2,2-3H3,(H,27,32)(H2,25,26,28). The fourth-order valence-electron chi connectivity index (χ4n) is 2.98. The van der Waals surface area contributed by atoms with Crippen molar-refractivity contribution < 1.29 is 13.7 Å². The van der Waals surface area contributed by atoms with Crippen LogP contribution in [0.25, 0.3) is 22.9 Å². The van der Waals surface area contributed by atoms with Gasteiger partial charge in [0.25, 0.3) is 0 Å². The Bertz CT molecular complexity index is 1310. The average Bonchev–Trinajstić information content (AvgIpc) is 3.46. The van der Waals surface area contributed by atoms with Crippen molar-refractivity contribution in [1.82, 2.24) is 24.9 Å². The number of carbonyl (C=O) groups is 1. The second-order valence-electron chi connectivity index (χ2n) is 7.92. The largest absolute Gasteiger partial charge is 0.382 e. The van der Waals surface area contributed by atoms with Crippen LogP contribution >= 0.6 is 0 Å². The summed E-state index contributed by atoms with van der Waals surface area (Å²) in [5.41, 5.74) is 7.54. The maximum Gasteiger partial charge on any atom is 0.233 e. The van der Waals surface area contributed by atoms with Gasteiger partial charge in [-0.1, -0.05) is 29.4 Å². The zero-order valence-corrected chi connectivity index (χ0v) is 18.1. The van der Waals surface area contributed by atoms with Gasteiger partial charge in [-0.3, -0.25) is 9.48 Å². The van der Waals surface area contributed by atoms with Crippen LogP contribution in [-0.4, -0.2) is 30.8 Å². The highest BCUT2D eigenvalue weighted by Crippen LogP contribution is 2.27. The smallest absolute Gasteiger partial charge is 0.233 e. The average molecular weight is 447 g/mol. The summed E-state index contributed by atoms with van der Waals surface area (Å²) in [5, 5.41) is 11.2. The maximum atomic E-state index is 14.2. The molecule has 0 saturated heterocycles. The number of hydrogen-bond donors (Lipinski definition) is 2. The first-order chi connectivity index (χ1) is 15.8. The molecule has 3 heterocycles. The Labute approximate surface area is 189 Å². The molecular weight excluding hydrogens is 425 g/mol. The lowest BCUT2D eigenvalue weighted by atomic mass is 9.93. The zero-order chi connectivity index (χ0) is 23.6. The van der Waals surface area contributed by atoms with E-state index in [4.69, 9.17) is 10.3 Å².